The van der Waals surface area contributed by atoms with Gasteiger partial charge in [0.05, 0.1) is 19.3 Å². The van der Waals surface area contributed by atoms with E-state index in [0.29, 0.717) is 18.3 Å². The minimum atomic E-state index is -4.54. The van der Waals surface area contributed by atoms with Crippen LogP contribution in [-0.4, -0.2) is 26.2 Å². The number of hydrogen-bond acceptors (Lipinski definition) is 3. The van der Waals surface area contributed by atoms with Crippen LogP contribution in [0.25, 0.3) is 0 Å². The van der Waals surface area contributed by atoms with Crippen LogP contribution in [0.4, 0.5) is 13.2 Å². The molecule has 0 amide bonds. The Kier molecular flexibility index (Phi) is 3.30. The Labute approximate surface area is 108 Å². The number of fused-ring (bicyclic) bond motifs is 1. The van der Waals surface area contributed by atoms with Crippen molar-refractivity contribution < 1.29 is 27.4 Å². The zero-order valence-corrected chi connectivity index (χ0v) is 10.5. The first-order valence-electron chi connectivity index (χ1n) is 5.70. The lowest BCUT2D eigenvalue weighted by molar-refractivity contribution is -0.281. The predicted molar refractivity (Wildman–Crippen MR) is 61.4 cm³/mol. The van der Waals surface area contributed by atoms with E-state index in [2.05, 4.69) is 0 Å². The Bertz CT molecular complexity index is 511. The van der Waals surface area contributed by atoms with Gasteiger partial charge in [0.1, 0.15) is 5.75 Å². The summed E-state index contributed by atoms with van der Waals surface area (Å²) in [6.45, 7) is 0.957. The van der Waals surface area contributed by atoms with E-state index < -0.39 is 11.8 Å². The summed E-state index contributed by atoms with van der Waals surface area (Å²) in [6.07, 6.45) is -3.71. The summed E-state index contributed by atoms with van der Waals surface area (Å²) in [5.74, 6) is 0.278. The lowest BCUT2D eigenvalue weighted by Crippen LogP contribution is -2.45. The fourth-order valence-electron chi connectivity index (χ4n) is 2.24. The standard InChI is InChI=1S/C13H13F3O3/c1-12(13(14,15)16)10-5-9(7-17)11(18-2)6-8(10)3-4-19-12/h5-7H,3-4H2,1-2H3/t12-/m0/s1. The number of methoxy groups -OCH3 is 1. The molecule has 0 N–H and O–H groups in total. The van der Waals surface area contributed by atoms with E-state index in [-0.39, 0.29) is 23.5 Å². The van der Waals surface area contributed by atoms with Crippen LogP contribution in [0.5, 0.6) is 5.75 Å². The molecule has 19 heavy (non-hydrogen) atoms. The number of benzene rings is 1. The number of rotatable bonds is 2. The molecule has 6 heteroatoms. The van der Waals surface area contributed by atoms with Gasteiger partial charge in [-0.15, -0.1) is 0 Å². The first kappa shape index (κ1) is 13.9. The molecule has 3 nitrogen and oxygen atoms in total. The van der Waals surface area contributed by atoms with Crippen LogP contribution < -0.4 is 4.74 Å². The molecule has 0 bridgehead atoms. The summed E-state index contributed by atoms with van der Waals surface area (Å²) in [6, 6.07) is 2.68. The van der Waals surface area contributed by atoms with Crippen LogP contribution in [0.3, 0.4) is 0 Å². The van der Waals surface area contributed by atoms with Crippen molar-refractivity contribution in [1.82, 2.24) is 0 Å². The van der Waals surface area contributed by atoms with Gasteiger partial charge >= 0.3 is 6.18 Å². The van der Waals surface area contributed by atoms with Gasteiger partial charge in [-0.3, -0.25) is 4.79 Å². The molecule has 1 heterocycles. The average Bonchev–Trinajstić information content (AvgIpc) is 2.36. The van der Waals surface area contributed by atoms with Crippen molar-refractivity contribution in [3.8, 4) is 5.75 Å². The second-order valence-corrected chi connectivity index (χ2v) is 4.50. The fourth-order valence-corrected chi connectivity index (χ4v) is 2.24. The Hall–Kier alpha value is -1.56. The molecule has 0 saturated heterocycles. The largest absolute Gasteiger partial charge is 0.496 e. The van der Waals surface area contributed by atoms with E-state index in [1.807, 2.05) is 0 Å². The van der Waals surface area contributed by atoms with Crippen molar-refractivity contribution in [3.05, 3.63) is 28.8 Å². The van der Waals surface area contributed by atoms with Crippen molar-refractivity contribution in [2.24, 2.45) is 0 Å². The van der Waals surface area contributed by atoms with Crippen molar-refractivity contribution in [1.29, 1.82) is 0 Å². The molecule has 1 aromatic rings. The van der Waals surface area contributed by atoms with Crippen molar-refractivity contribution in [2.45, 2.75) is 25.1 Å². The van der Waals surface area contributed by atoms with Gasteiger partial charge in [-0.1, -0.05) is 0 Å². The SMILES string of the molecule is COc1cc2c(cc1C=O)[C@@](C)(C(F)(F)F)OCC2. The normalized spacial score (nSPS) is 22.8. The number of halogens is 3. The molecular weight excluding hydrogens is 261 g/mol. The third-order valence-corrected chi connectivity index (χ3v) is 3.40. The summed E-state index contributed by atoms with van der Waals surface area (Å²) >= 11 is 0. The van der Waals surface area contributed by atoms with Crippen LogP contribution in [0, 0.1) is 0 Å². The number of carbonyl (C=O) groups is 1. The van der Waals surface area contributed by atoms with Gasteiger partial charge in [0, 0.05) is 0 Å². The van der Waals surface area contributed by atoms with Crippen LogP contribution in [0.1, 0.15) is 28.4 Å². The Morgan fingerprint density at radius 3 is 2.63 bits per heavy atom. The van der Waals surface area contributed by atoms with Crippen LogP contribution in [-0.2, 0) is 16.8 Å². The first-order chi connectivity index (χ1) is 8.83. The molecule has 0 saturated carbocycles. The zero-order valence-electron chi connectivity index (χ0n) is 10.5. The molecule has 0 unspecified atom stereocenters. The highest BCUT2D eigenvalue weighted by Gasteiger charge is 2.55. The van der Waals surface area contributed by atoms with Gasteiger partial charge in [-0.05, 0) is 36.6 Å². The van der Waals surface area contributed by atoms with Crippen LogP contribution >= 0.6 is 0 Å². The third kappa shape index (κ3) is 2.10. The smallest absolute Gasteiger partial charge is 0.421 e. The minimum Gasteiger partial charge on any atom is -0.496 e. The number of carbonyl (C=O) groups excluding carboxylic acids is 1. The first-order valence-corrected chi connectivity index (χ1v) is 5.70. The molecule has 1 aromatic carbocycles. The second-order valence-electron chi connectivity index (χ2n) is 4.50. The van der Waals surface area contributed by atoms with Crippen LogP contribution in [0.2, 0.25) is 0 Å². The molecule has 1 aliphatic heterocycles. The average molecular weight is 274 g/mol. The molecule has 2 rings (SSSR count). The van der Waals surface area contributed by atoms with Gasteiger partial charge in [0.25, 0.3) is 0 Å². The summed E-state index contributed by atoms with van der Waals surface area (Å²) in [7, 11) is 1.37. The second kappa shape index (κ2) is 4.52. The molecule has 0 fully saturated rings. The summed E-state index contributed by atoms with van der Waals surface area (Å²) in [5, 5.41) is 0. The third-order valence-electron chi connectivity index (χ3n) is 3.40. The maximum absolute atomic E-state index is 13.2. The van der Waals surface area contributed by atoms with Gasteiger partial charge in [0.2, 0.25) is 0 Å². The molecule has 0 aromatic heterocycles. The van der Waals surface area contributed by atoms with E-state index in [1.54, 1.807) is 0 Å². The van der Waals surface area contributed by atoms with Crippen LogP contribution in [0.15, 0.2) is 12.1 Å². The van der Waals surface area contributed by atoms with Crippen molar-refractivity contribution in [3.63, 3.8) is 0 Å². The molecular formula is C13H13F3O3. The number of aldehydes is 1. The van der Waals surface area contributed by atoms with E-state index in [9.17, 15) is 18.0 Å². The van der Waals surface area contributed by atoms with Crippen molar-refractivity contribution >= 4 is 6.29 Å². The quantitative estimate of drug-likeness (QED) is 0.778. The summed E-state index contributed by atoms with van der Waals surface area (Å²) < 4.78 is 49.5. The zero-order chi connectivity index (χ0) is 14.3. The molecule has 0 aliphatic carbocycles. The monoisotopic (exact) mass is 274 g/mol. The highest BCUT2D eigenvalue weighted by atomic mass is 19.4. The maximum atomic E-state index is 13.2. The lowest BCUT2D eigenvalue weighted by atomic mass is 9.85. The predicted octanol–water partition coefficient (Wildman–Crippen LogP) is 2.86. The van der Waals surface area contributed by atoms with Gasteiger partial charge < -0.3 is 9.47 Å². The molecule has 0 spiro atoms. The van der Waals surface area contributed by atoms with E-state index in [0.717, 1.165) is 6.92 Å². The van der Waals surface area contributed by atoms with Crippen molar-refractivity contribution in [2.75, 3.05) is 13.7 Å². The lowest BCUT2D eigenvalue weighted by Gasteiger charge is -2.37. The van der Waals surface area contributed by atoms with Gasteiger partial charge in [0.15, 0.2) is 11.9 Å². The highest BCUT2D eigenvalue weighted by molar-refractivity contribution is 5.80. The molecule has 104 valence electrons. The minimum absolute atomic E-state index is 0.0193. The number of ether oxygens (including phenoxy) is 2. The molecule has 1 atom stereocenters. The summed E-state index contributed by atoms with van der Waals surface area (Å²) in [4.78, 5) is 10.9. The number of hydrogen-bond donors (Lipinski definition) is 0. The van der Waals surface area contributed by atoms with Gasteiger partial charge in [-0.2, -0.15) is 13.2 Å². The molecule has 0 radical (unpaired) electrons. The maximum Gasteiger partial charge on any atom is 0.421 e. The van der Waals surface area contributed by atoms with E-state index >= 15 is 0 Å². The molecule has 1 aliphatic rings. The Morgan fingerprint density at radius 1 is 1.42 bits per heavy atom. The Balaban J connectivity index is 2.65. The fraction of sp³-hybridized carbons (Fsp3) is 0.462. The topological polar surface area (TPSA) is 35.5 Å². The summed E-state index contributed by atoms with van der Waals surface area (Å²) in [5.41, 5.74) is -1.82. The van der Waals surface area contributed by atoms with E-state index in [4.69, 9.17) is 9.47 Å². The van der Waals surface area contributed by atoms with Gasteiger partial charge in [-0.25, -0.2) is 0 Å². The van der Waals surface area contributed by atoms with E-state index in [1.165, 1.54) is 19.2 Å². The highest BCUT2D eigenvalue weighted by Crippen LogP contribution is 2.46. The Morgan fingerprint density at radius 2 is 2.11 bits per heavy atom. The number of alkyl halides is 3.